The molecule has 0 radical (unpaired) electrons. The molecule has 0 saturated carbocycles. The lowest BCUT2D eigenvalue weighted by Gasteiger charge is -2.07. The number of nitro benzene ring substituents is 1. The number of nitrogens with zero attached hydrogens (tertiary/aromatic N) is 4. The van der Waals surface area contributed by atoms with E-state index >= 15 is 0 Å². The van der Waals surface area contributed by atoms with Crippen LogP contribution in [-0.2, 0) is 24.3 Å². The van der Waals surface area contributed by atoms with Gasteiger partial charge in [0, 0.05) is 18.2 Å². The third kappa shape index (κ3) is 4.50. The molecule has 0 aliphatic rings. The van der Waals surface area contributed by atoms with E-state index in [1.165, 1.54) is 12.4 Å². The minimum absolute atomic E-state index is 0.0263. The van der Waals surface area contributed by atoms with Crippen LogP contribution in [0.25, 0.3) is 0 Å². The number of aromatic nitrogens is 3. The molecule has 1 N–H and O–H groups in total. The quantitative estimate of drug-likeness (QED) is 0.519. The molecule has 1 amide bonds. The second kappa shape index (κ2) is 8.02. The number of carbonyl (C=O) groups excluding carboxylic acids is 1. The Morgan fingerprint density at radius 1 is 1.12 bits per heavy atom. The minimum Gasteiger partial charge on any atom is -0.352 e. The normalized spacial score (nSPS) is 10.5. The Labute approximate surface area is 149 Å². The average molecular weight is 351 g/mol. The monoisotopic (exact) mass is 351 g/mol. The summed E-state index contributed by atoms with van der Waals surface area (Å²) in [5, 5.41) is 17.8. The van der Waals surface area contributed by atoms with Crippen LogP contribution in [0.2, 0.25) is 0 Å². The van der Waals surface area contributed by atoms with E-state index in [0.29, 0.717) is 18.7 Å². The summed E-state index contributed by atoms with van der Waals surface area (Å²) in [6, 6.07) is 14.0. The summed E-state index contributed by atoms with van der Waals surface area (Å²) in [6.07, 6.45) is 3.11. The third-order valence-corrected chi connectivity index (χ3v) is 3.86. The number of para-hydroxylation sites is 1. The Bertz CT molecular complexity index is 891. The fourth-order valence-electron chi connectivity index (χ4n) is 2.54. The molecule has 3 aromatic rings. The summed E-state index contributed by atoms with van der Waals surface area (Å²) < 4.78 is 1.73. The summed E-state index contributed by atoms with van der Waals surface area (Å²) in [7, 11) is 0. The second-order valence-corrected chi connectivity index (χ2v) is 5.75. The third-order valence-electron chi connectivity index (χ3n) is 3.86. The first kappa shape index (κ1) is 17.3. The van der Waals surface area contributed by atoms with Crippen molar-refractivity contribution >= 4 is 11.6 Å². The summed E-state index contributed by atoms with van der Waals surface area (Å²) >= 11 is 0. The smallest absolute Gasteiger partial charge is 0.273 e. The molecule has 8 nitrogen and oxygen atoms in total. The number of nitrogens with one attached hydrogen (secondary N) is 1. The van der Waals surface area contributed by atoms with Gasteiger partial charge in [-0.3, -0.25) is 14.9 Å². The second-order valence-electron chi connectivity index (χ2n) is 5.75. The standard InChI is InChI=1S/C18H17N5O3/c24-18(9-16-3-1-2-4-17(16)23(25)26)20-10-14-5-7-15(8-6-14)11-22-13-19-12-21-22/h1-8,12-13H,9-11H2,(H,20,24). The molecule has 3 rings (SSSR count). The Morgan fingerprint density at radius 2 is 1.85 bits per heavy atom. The van der Waals surface area contributed by atoms with Gasteiger partial charge in [-0.05, 0) is 11.1 Å². The molecule has 132 valence electrons. The van der Waals surface area contributed by atoms with Crippen molar-refractivity contribution in [3.05, 3.63) is 88.0 Å². The van der Waals surface area contributed by atoms with Crippen LogP contribution in [0.5, 0.6) is 0 Å². The molecule has 26 heavy (non-hydrogen) atoms. The molecule has 0 spiro atoms. The fraction of sp³-hybridized carbons (Fsp3) is 0.167. The SMILES string of the molecule is O=C(Cc1ccccc1[N+](=O)[O-])NCc1ccc(Cn2cncn2)cc1. The van der Waals surface area contributed by atoms with Crippen LogP contribution in [0.1, 0.15) is 16.7 Å². The van der Waals surface area contributed by atoms with Gasteiger partial charge in [0.2, 0.25) is 5.91 Å². The highest BCUT2D eigenvalue weighted by Crippen LogP contribution is 2.18. The van der Waals surface area contributed by atoms with Gasteiger partial charge >= 0.3 is 0 Å². The summed E-state index contributed by atoms with van der Waals surface area (Å²) in [6.45, 7) is 0.993. The molecule has 8 heteroatoms. The number of carbonyl (C=O) groups is 1. The predicted octanol–water partition coefficient (Wildman–Crippen LogP) is 2.09. The first-order valence-corrected chi connectivity index (χ1v) is 8.01. The van der Waals surface area contributed by atoms with Gasteiger partial charge in [0.15, 0.2) is 0 Å². The maximum Gasteiger partial charge on any atom is 0.273 e. The molecule has 0 unspecified atom stereocenters. The molecular formula is C18H17N5O3. The highest BCUT2D eigenvalue weighted by Gasteiger charge is 2.15. The van der Waals surface area contributed by atoms with E-state index in [2.05, 4.69) is 15.4 Å². The summed E-state index contributed by atoms with van der Waals surface area (Å²) in [5.41, 5.74) is 2.38. The maximum atomic E-state index is 12.1. The molecule has 0 fully saturated rings. The van der Waals surface area contributed by atoms with Gasteiger partial charge in [-0.2, -0.15) is 5.10 Å². The lowest BCUT2D eigenvalue weighted by atomic mass is 10.1. The van der Waals surface area contributed by atoms with Gasteiger partial charge in [-0.1, -0.05) is 42.5 Å². The first-order chi connectivity index (χ1) is 12.6. The topological polar surface area (TPSA) is 103 Å². The van der Waals surface area contributed by atoms with E-state index in [0.717, 1.165) is 11.1 Å². The predicted molar refractivity (Wildman–Crippen MR) is 94.2 cm³/mol. The van der Waals surface area contributed by atoms with E-state index in [1.54, 1.807) is 29.2 Å². The first-order valence-electron chi connectivity index (χ1n) is 8.01. The van der Waals surface area contributed by atoms with Gasteiger partial charge < -0.3 is 5.32 Å². The lowest BCUT2D eigenvalue weighted by molar-refractivity contribution is -0.385. The molecular weight excluding hydrogens is 334 g/mol. The van der Waals surface area contributed by atoms with Gasteiger partial charge in [0.05, 0.1) is 17.9 Å². The summed E-state index contributed by atoms with van der Waals surface area (Å²) in [4.78, 5) is 26.5. The maximum absolute atomic E-state index is 12.1. The van der Waals surface area contributed by atoms with Gasteiger partial charge in [0.1, 0.15) is 12.7 Å². The van der Waals surface area contributed by atoms with Crippen LogP contribution in [0.3, 0.4) is 0 Å². The van der Waals surface area contributed by atoms with Crippen molar-refractivity contribution < 1.29 is 9.72 Å². The van der Waals surface area contributed by atoms with Crippen LogP contribution < -0.4 is 5.32 Å². The average Bonchev–Trinajstić information content (AvgIpc) is 3.14. The number of hydrogen-bond donors (Lipinski definition) is 1. The van der Waals surface area contributed by atoms with Crippen molar-refractivity contribution in [2.75, 3.05) is 0 Å². The molecule has 0 aliphatic heterocycles. The van der Waals surface area contributed by atoms with Crippen molar-refractivity contribution in [3.63, 3.8) is 0 Å². The van der Waals surface area contributed by atoms with Crippen molar-refractivity contribution in [1.82, 2.24) is 20.1 Å². The molecule has 0 atom stereocenters. The van der Waals surface area contributed by atoms with Crippen LogP contribution in [0, 0.1) is 10.1 Å². The zero-order chi connectivity index (χ0) is 18.4. The molecule has 0 aliphatic carbocycles. The Kier molecular flexibility index (Phi) is 5.33. The minimum atomic E-state index is -0.476. The van der Waals surface area contributed by atoms with E-state index < -0.39 is 4.92 Å². The molecule has 0 bridgehead atoms. The van der Waals surface area contributed by atoms with Crippen molar-refractivity contribution in [2.24, 2.45) is 0 Å². The Balaban J connectivity index is 1.54. The zero-order valence-corrected chi connectivity index (χ0v) is 13.9. The lowest BCUT2D eigenvalue weighted by Crippen LogP contribution is -2.24. The largest absolute Gasteiger partial charge is 0.352 e. The van der Waals surface area contributed by atoms with Crippen molar-refractivity contribution in [1.29, 1.82) is 0 Å². The molecule has 1 heterocycles. The Morgan fingerprint density at radius 3 is 2.54 bits per heavy atom. The molecule has 1 aromatic heterocycles. The van der Waals surface area contributed by atoms with Crippen LogP contribution in [-0.4, -0.2) is 25.6 Å². The number of nitro groups is 1. The highest BCUT2D eigenvalue weighted by atomic mass is 16.6. The molecule has 0 saturated heterocycles. The fourth-order valence-corrected chi connectivity index (χ4v) is 2.54. The van der Waals surface area contributed by atoms with E-state index in [1.807, 2.05) is 24.3 Å². The summed E-state index contributed by atoms with van der Waals surface area (Å²) in [5.74, 6) is -0.258. The van der Waals surface area contributed by atoms with Gasteiger partial charge in [0.25, 0.3) is 5.69 Å². The van der Waals surface area contributed by atoms with Crippen LogP contribution >= 0.6 is 0 Å². The Hall–Kier alpha value is -3.55. The van der Waals surface area contributed by atoms with Crippen molar-refractivity contribution in [3.8, 4) is 0 Å². The number of benzene rings is 2. The number of hydrogen-bond acceptors (Lipinski definition) is 5. The van der Waals surface area contributed by atoms with E-state index in [4.69, 9.17) is 0 Å². The van der Waals surface area contributed by atoms with Crippen molar-refractivity contribution in [2.45, 2.75) is 19.5 Å². The van der Waals surface area contributed by atoms with E-state index in [-0.39, 0.29) is 18.0 Å². The van der Waals surface area contributed by atoms with Crippen LogP contribution in [0.4, 0.5) is 5.69 Å². The number of rotatable bonds is 7. The highest BCUT2D eigenvalue weighted by molar-refractivity contribution is 5.79. The zero-order valence-electron chi connectivity index (χ0n) is 13.9. The van der Waals surface area contributed by atoms with E-state index in [9.17, 15) is 14.9 Å². The van der Waals surface area contributed by atoms with Crippen LogP contribution in [0.15, 0.2) is 61.2 Å². The van der Waals surface area contributed by atoms with Gasteiger partial charge in [-0.15, -0.1) is 0 Å². The van der Waals surface area contributed by atoms with Gasteiger partial charge in [-0.25, -0.2) is 9.67 Å². The molecule has 2 aromatic carbocycles. The number of amides is 1.